The third-order valence-electron chi connectivity index (χ3n) is 6.65. The maximum Gasteiger partial charge on any atom is 0.242 e. The van der Waals surface area contributed by atoms with Crippen molar-refractivity contribution >= 4 is 27.7 Å². The second kappa shape index (κ2) is 9.03. The van der Waals surface area contributed by atoms with Gasteiger partial charge in [-0.2, -0.15) is 0 Å². The zero-order valence-corrected chi connectivity index (χ0v) is 18.5. The Kier molecular flexibility index (Phi) is 5.80. The van der Waals surface area contributed by atoms with Crippen LogP contribution in [0.5, 0.6) is 5.75 Å². The third-order valence-corrected chi connectivity index (χ3v) is 6.65. The van der Waals surface area contributed by atoms with Gasteiger partial charge in [-0.05, 0) is 36.4 Å². The van der Waals surface area contributed by atoms with Crippen molar-refractivity contribution in [2.45, 2.75) is 51.3 Å². The number of aromatic nitrogens is 2. The second-order valence-corrected chi connectivity index (χ2v) is 8.67. The number of benzene rings is 3. The summed E-state index contributed by atoms with van der Waals surface area (Å²) in [5.74, 6) is 1.73. The Hall–Kier alpha value is -3.34. The van der Waals surface area contributed by atoms with Crippen molar-refractivity contribution in [2.24, 2.45) is 0 Å². The lowest BCUT2D eigenvalue weighted by Gasteiger charge is -2.31. The Morgan fingerprint density at radius 3 is 2.62 bits per heavy atom. The van der Waals surface area contributed by atoms with Crippen molar-refractivity contribution in [3.63, 3.8) is 0 Å². The number of nitrogens with zero attached hydrogens (tertiary/aromatic N) is 3. The van der Waals surface area contributed by atoms with Crippen LogP contribution in [0.1, 0.15) is 37.9 Å². The average molecular weight is 428 g/mol. The number of amides is 1. The normalized spacial score (nSPS) is 14.7. The van der Waals surface area contributed by atoms with Gasteiger partial charge in [0.2, 0.25) is 5.91 Å². The van der Waals surface area contributed by atoms with E-state index in [9.17, 15) is 4.79 Å². The van der Waals surface area contributed by atoms with E-state index >= 15 is 0 Å². The lowest BCUT2D eigenvalue weighted by Crippen LogP contribution is -2.40. The lowest BCUT2D eigenvalue weighted by molar-refractivity contribution is -0.133. The molecule has 1 fully saturated rings. The molecule has 1 amide bonds. The van der Waals surface area contributed by atoms with Crippen LogP contribution in [0.25, 0.3) is 21.8 Å². The topological polar surface area (TPSA) is 47.4 Å². The third kappa shape index (κ3) is 4.07. The van der Waals surface area contributed by atoms with Crippen LogP contribution in [-0.4, -0.2) is 33.4 Å². The SMILES string of the molecule is CN(C(=O)Cn1c(COc2cccc3ccccc23)nc2ccccc21)C1CCCCC1. The first-order valence-electron chi connectivity index (χ1n) is 11.5. The predicted octanol–water partition coefficient (Wildman–Crippen LogP) is 5.56. The van der Waals surface area contributed by atoms with E-state index in [-0.39, 0.29) is 12.5 Å². The minimum Gasteiger partial charge on any atom is -0.485 e. The standard InChI is InChI=1S/C27H29N3O2/c1-29(21-12-3-2-4-13-21)27(31)18-30-24-16-8-7-15-23(24)28-26(30)19-32-25-17-9-11-20-10-5-6-14-22(20)25/h5-11,14-17,21H,2-4,12-13,18-19H2,1H3. The van der Waals surface area contributed by atoms with Crippen LogP contribution in [0.15, 0.2) is 66.7 Å². The smallest absolute Gasteiger partial charge is 0.242 e. The number of para-hydroxylation sites is 2. The maximum atomic E-state index is 13.2. The molecule has 0 N–H and O–H groups in total. The number of likely N-dealkylation sites (N-methyl/N-ethyl adjacent to an activating group) is 1. The Morgan fingerprint density at radius 1 is 1.00 bits per heavy atom. The molecule has 0 spiro atoms. The fourth-order valence-corrected chi connectivity index (χ4v) is 4.79. The van der Waals surface area contributed by atoms with Gasteiger partial charge in [-0.3, -0.25) is 4.79 Å². The van der Waals surface area contributed by atoms with Gasteiger partial charge in [-0.25, -0.2) is 4.98 Å². The summed E-state index contributed by atoms with van der Waals surface area (Å²) in [6.07, 6.45) is 5.90. The fourth-order valence-electron chi connectivity index (χ4n) is 4.79. The summed E-state index contributed by atoms with van der Waals surface area (Å²) in [4.78, 5) is 19.9. The molecule has 0 unspecified atom stereocenters. The zero-order valence-electron chi connectivity index (χ0n) is 18.5. The van der Waals surface area contributed by atoms with E-state index in [0.29, 0.717) is 12.6 Å². The van der Waals surface area contributed by atoms with Crippen LogP contribution < -0.4 is 4.74 Å². The highest BCUT2D eigenvalue weighted by molar-refractivity contribution is 5.88. The number of carbonyl (C=O) groups excluding carboxylic acids is 1. The average Bonchev–Trinajstić information content (AvgIpc) is 3.20. The highest BCUT2D eigenvalue weighted by Crippen LogP contribution is 2.27. The largest absolute Gasteiger partial charge is 0.485 e. The first-order chi connectivity index (χ1) is 15.7. The van der Waals surface area contributed by atoms with Crippen molar-refractivity contribution in [1.82, 2.24) is 14.5 Å². The molecule has 1 aliphatic carbocycles. The molecule has 0 atom stereocenters. The molecule has 32 heavy (non-hydrogen) atoms. The zero-order chi connectivity index (χ0) is 21.9. The van der Waals surface area contributed by atoms with E-state index in [2.05, 4.69) is 18.2 Å². The highest BCUT2D eigenvalue weighted by atomic mass is 16.5. The molecule has 5 nitrogen and oxygen atoms in total. The number of ether oxygens (including phenoxy) is 1. The Labute approximate surface area is 188 Å². The van der Waals surface area contributed by atoms with Crippen LogP contribution >= 0.6 is 0 Å². The highest BCUT2D eigenvalue weighted by Gasteiger charge is 2.23. The van der Waals surface area contributed by atoms with E-state index in [1.807, 2.05) is 65.0 Å². The number of fused-ring (bicyclic) bond motifs is 2. The van der Waals surface area contributed by atoms with Gasteiger partial charge in [0.25, 0.3) is 0 Å². The summed E-state index contributed by atoms with van der Waals surface area (Å²) < 4.78 is 8.24. The van der Waals surface area contributed by atoms with Gasteiger partial charge in [-0.1, -0.05) is 67.8 Å². The molecule has 1 aromatic heterocycles. The van der Waals surface area contributed by atoms with E-state index < -0.39 is 0 Å². The quantitative estimate of drug-likeness (QED) is 0.405. The molecule has 1 aliphatic rings. The van der Waals surface area contributed by atoms with E-state index in [0.717, 1.165) is 46.2 Å². The van der Waals surface area contributed by atoms with Crippen LogP contribution in [0.3, 0.4) is 0 Å². The fraction of sp³-hybridized carbons (Fsp3) is 0.333. The molecule has 0 bridgehead atoms. The van der Waals surface area contributed by atoms with Gasteiger partial charge in [-0.15, -0.1) is 0 Å². The van der Waals surface area contributed by atoms with Crippen LogP contribution in [0, 0.1) is 0 Å². The van der Waals surface area contributed by atoms with Gasteiger partial charge < -0.3 is 14.2 Å². The van der Waals surface area contributed by atoms with Crippen molar-refractivity contribution in [1.29, 1.82) is 0 Å². The molecular weight excluding hydrogens is 398 g/mol. The molecule has 1 saturated carbocycles. The molecule has 164 valence electrons. The Morgan fingerprint density at radius 2 is 1.75 bits per heavy atom. The van der Waals surface area contributed by atoms with Gasteiger partial charge in [0.1, 0.15) is 24.7 Å². The van der Waals surface area contributed by atoms with E-state index in [1.54, 1.807) is 0 Å². The maximum absolute atomic E-state index is 13.2. The van der Waals surface area contributed by atoms with Crippen molar-refractivity contribution < 1.29 is 9.53 Å². The van der Waals surface area contributed by atoms with Gasteiger partial charge in [0.15, 0.2) is 0 Å². The molecule has 5 rings (SSSR count). The summed E-state index contributed by atoms with van der Waals surface area (Å²) in [6, 6.07) is 22.6. The summed E-state index contributed by atoms with van der Waals surface area (Å²) in [5, 5.41) is 2.22. The molecular formula is C27H29N3O2. The van der Waals surface area contributed by atoms with Gasteiger partial charge in [0.05, 0.1) is 11.0 Å². The van der Waals surface area contributed by atoms with E-state index in [4.69, 9.17) is 9.72 Å². The summed E-state index contributed by atoms with van der Waals surface area (Å²) in [5.41, 5.74) is 1.85. The van der Waals surface area contributed by atoms with Gasteiger partial charge in [0, 0.05) is 18.5 Å². The number of hydrogen-bond acceptors (Lipinski definition) is 3. The number of carbonyl (C=O) groups is 1. The molecule has 0 radical (unpaired) electrons. The molecule has 5 heteroatoms. The monoisotopic (exact) mass is 427 g/mol. The molecule has 3 aromatic carbocycles. The number of hydrogen-bond donors (Lipinski definition) is 0. The molecule has 0 aliphatic heterocycles. The van der Waals surface area contributed by atoms with Crippen LogP contribution in [0.2, 0.25) is 0 Å². The first-order valence-corrected chi connectivity index (χ1v) is 11.5. The first kappa shape index (κ1) is 20.6. The van der Waals surface area contributed by atoms with Crippen molar-refractivity contribution in [3.8, 4) is 5.75 Å². The summed E-state index contributed by atoms with van der Waals surface area (Å²) in [6.45, 7) is 0.588. The summed E-state index contributed by atoms with van der Waals surface area (Å²) in [7, 11) is 1.95. The minimum atomic E-state index is 0.131. The minimum absolute atomic E-state index is 0.131. The number of imidazole rings is 1. The predicted molar refractivity (Wildman–Crippen MR) is 128 cm³/mol. The van der Waals surface area contributed by atoms with Crippen molar-refractivity contribution in [3.05, 3.63) is 72.6 Å². The second-order valence-electron chi connectivity index (χ2n) is 8.67. The van der Waals surface area contributed by atoms with Gasteiger partial charge >= 0.3 is 0 Å². The summed E-state index contributed by atoms with van der Waals surface area (Å²) >= 11 is 0. The van der Waals surface area contributed by atoms with Crippen LogP contribution in [-0.2, 0) is 17.9 Å². The number of rotatable bonds is 6. The van der Waals surface area contributed by atoms with E-state index in [1.165, 1.54) is 19.3 Å². The van der Waals surface area contributed by atoms with Crippen molar-refractivity contribution in [2.75, 3.05) is 7.05 Å². The Bertz CT molecular complexity index is 1230. The molecule has 4 aromatic rings. The molecule has 1 heterocycles. The molecule has 0 saturated heterocycles. The Balaban J connectivity index is 1.41. The lowest BCUT2D eigenvalue weighted by atomic mass is 9.94. The van der Waals surface area contributed by atoms with Crippen LogP contribution in [0.4, 0.5) is 0 Å².